The molecule has 1 unspecified atom stereocenters. The van der Waals surface area contributed by atoms with Gasteiger partial charge in [0.15, 0.2) is 0 Å². The van der Waals surface area contributed by atoms with Crippen LogP contribution >= 0.6 is 0 Å². The SMILES string of the molecule is COC(=O)CC(c1cc2ccccc2[nH]c1=O)c1c(O)cc(C)oc1=O. The van der Waals surface area contributed by atoms with E-state index in [4.69, 9.17) is 4.42 Å². The van der Waals surface area contributed by atoms with Crippen LogP contribution in [-0.2, 0) is 9.53 Å². The van der Waals surface area contributed by atoms with Gasteiger partial charge in [-0.3, -0.25) is 9.59 Å². The third kappa shape index (κ3) is 3.23. The highest BCUT2D eigenvalue weighted by Crippen LogP contribution is 2.31. The zero-order valence-corrected chi connectivity index (χ0v) is 14.2. The van der Waals surface area contributed by atoms with Gasteiger partial charge in [0.05, 0.1) is 19.1 Å². The number of aromatic hydroxyl groups is 1. The van der Waals surface area contributed by atoms with Crippen molar-refractivity contribution in [2.24, 2.45) is 0 Å². The number of ether oxygens (including phenoxy) is 1. The Morgan fingerprint density at radius 2 is 2.00 bits per heavy atom. The van der Waals surface area contributed by atoms with E-state index in [2.05, 4.69) is 9.72 Å². The first-order valence-electron chi connectivity index (χ1n) is 7.93. The second kappa shape index (κ2) is 6.87. The Balaban J connectivity index is 2.26. The largest absolute Gasteiger partial charge is 0.507 e. The van der Waals surface area contributed by atoms with Gasteiger partial charge in [-0.15, -0.1) is 0 Å². The second-order valence-corrected chi connectivity index (χ2v) is 5.92. The number of aromatic amines is 1. The molecule has 134 valence electrons. The van der Waals surface area contributed by atoms with Gasteiger partial charge in [-0.1, -0.05) is 18.2 Å². The molecule has 0 fully saturated rings. The van der Waals surface area contributed by atoms with Crippen LogP contribution in [0, 0.1) is 6.92 Å². The van der Waals surface area contributed by atoms with Gasteiger partial charge in [-0.25, -0.2) is 4.79 Å². The van der Waals surface area contributed by atoms with Crippen LogP contribution in [0.15, 0.2) is 50.4 Å². The minimum absolute atomic E-state index is 0.151. The quantitative estimate of drug-likeness (QED) is 0.694. The highest BCUT2D eigenvalue weighted by Gasteiger charge is 2.28. The number of H-pyrrole nitrogens is 1. The van der Waals surface area contributed by atoms with E-state index in [0.29, 0.717) is 5.52 Å². The van der Waals surface area contributed by atoms with Crippen LogP contribution < -0.4 is 11.2 Å². The minimum Gasteiger partial charge on any atom is -0.507 e. The molecular weight excluding hydrogens is 338 g/mol. The van der Waals surface area contributed by atoms with Crippen molar-refractivity contribution in [1.29, 1.82) is 0 Å². The number of nitrogens with one attached hydrogen (secondary N) is 1. The lowest BCUT2D eigenvalue weighted by atomic mass is 9.89. The highest BCUT2D eigenvalue weighted by molar-refractivity contribution is 5.79. The predicted octanol–water partition coefficient (Wildman–Crippen LogP) is 2.19. The fourth-order valence-corrected chi connectivity index (χ4v) is 2.97. The van der Waals surface area contributed by atoms with Crippen molar-refractivity contribution in [3.05, 3.63) is 74.1 Å². The summed E-state index contributed by atoms with van der Waals surface area (Å²) in [6, 6.07) is 9.99. The summed E-state index contributed by atoms with van der Waals surface area (Å²) in [5.74, 6) is -1.74. The van der Waals surface area contributed by atoms with Crippen LogP contribution in [0.2, 0.25) is 0 Å². The van der Waals surface area contributed by atoms with Gasteiger partial charge in [-0.05, 0) is 24.4 Å². The summed E-state index contributed by atoms with van der Waals surface area (Å²) in [6.45, 7) is 1.52. The number of rotatable bonds is 4. The van der Waals surface area contributed by atoms with Gasteiger partial charge in [0, 0.05) is 23.1 Å². The Bertz CT molecular complexity index is 1100. The molecule has 1 atom stereocenters. The molecule has 3 aromatic rings. The van der Waals surface area contributed by atoms with Crippen molar-refractivity contribution < 1.29 is 19.1 Å². The molecule has 2 N–H and O–H groups in total. The van der Waals surface area contributed by atoms with E-state index in [1.165, 1.54) is 20.1 Å². The molecule has 0 amide bonds. The third-order valence-corrected chi connectivity index (χ3v) is 4.19. The number of aromatic nitrogens is 1. The molecule has 0 radical (unpaired) electrons. The summed E-state index contributed by atoms with van der Waals surface area (Å²) >= 11 is 0. The Morgan fingerprint density at radius 3 is 2.69 bits per heavy atom. The van der Waals surface area contributed by atoms with Crippen molar-refractivity contribution in [1.82, 2.24) is 4.98 Å². The topological polar surface area (TPSA) is 110 Å². The van der Waals surface area contributed by atoms with Crippen LogP contribution in [0.1, 0.15) is 29.2 Å². The lowest BCUT2D eigenvalue weighted by molar-refractivity contribution is -0.140. The van der Waals surface area contributed by atoms with Crippen LogP contribution in [0.25, 0.3) is 10.9 Å². The van der Waals surface area contributed by atoms with E-state index in [0.717, 1.165) is 5.39 Å². The van der Waals surface area contributed by atoms with Crippen LogP contribution in [0.5, 0.6) is 5.75 Å². The molecule has 0 aliphatic carbocycles. The number of hydrogen-bond donors (Lipinski definition) is 2. The summed E-state index contributed by atoms with van der Waals surface area (Å²) in [5, 5.41) is 11.0. The summed E-state index contributed by atoms with van der Waals surface area (Å²) in [4.78, 5) is 39.5. The molecule has 0 saturated carbocycles. The van der Waals surface area contributed by atoms with Gasteiger partial charge in [0.1, 0.15) is 11.5 Å². The van der Waals surface area contributed by atoms with E-state index in [1.54, 1.807) is 30.3 Å². The lowest BCUT2D eigenvalue weighted by Gasteiger charge is -2.16. The van der Waals surface area contributed by atoms with E-state index in [9.17, 15) is 19.5 Å². The van der Waals surface area contributed by atoms with Crippen LogP contribution in [0.4, 0.5) is 0 Å². The average Bonchev–Trinajstić information content (AvgIpc) is 2.59. The number of hydrogen-bond acceptors (Lipinski definition) is 6. The number of carbonyl (C=O) groups is 1. The second-order valence-electron chi connectivity index (χ2n) is 5.92. The number of pyridine rings is 1. The molecule has 7 nitrogen and oxygen atoms in total. The molecule has 2 heterocycles. The molecule has 2 aromatic heterocycles. The van der Waals surface area contributed by atoms with Gasteiger partial charge in [0.25, 0.3) is 5.56 Å². The summed E-state index contributed by atoms with van der Waals surface area (Å²) in [6.07, 6.45) is -0.292. The predicted molar refractivity (Wildman–Crippen MR) is 94.4 cm³/mol. The fraction of sp³-hybridized carbons (Fsp3) is 0.211. The van der Waals surface area contributed by atoms with Crippen molar-refractivity contribution in [3.63, 3.8) is 0 Å². The minimum atomic E-state index is -1.01. The first-order valence-corrected chi connectivity index (χ1v) is 7.93. The van der Waals surface area contributed by atoms with Crippen molar-refractivity contribution in [3.8, 4) is 5.75 Å². The Morgan fingerprint density at radius 1 is 1.27 bits per heavy atom. The first-order chi connectivity index (χ1) is 12.4. The van der Waals surface area contributed by atoms with E-state index in [-0.39, 0.29) is 29.1 Å². The number of carbonyl (C=O) groups excluding carboxylic acids is 1. The number of fused-ring (bicyclic) bond motifs is 1. The highest BCUT2D eigenvalue weighted by atomic mass is 16.5. The van der Waals surface area contributed by atoms with E-state index in [1.807, 2.05) is 0 Å². The monoisotopic (exact) mass is 355 g/mol. The number of aryl methyl sites for hydroxylation is 1. The molecular formula is C19H17NO6. The maximum Gasteiger partial charge on any atom is 0.343 e. The van der Waals surface area contributed by atoms with Crippen LogP contribution in [-0.4, -0.2) is 23.2 Å². The van der Waals surface area contributed by atoms with Gasteiger partial charge in [0.2, 0.25) is 0 Å². The molecule has 0 spiro atoms. The molecule has 1 aromatic carbocycles. The normalized spacial score (nSPS) is 12.1. The van der Waals surface area contributed by atoms with Crippen molar-refractivity contribution in [2.75, 3.05) is 7.11 Å². The van der Waals surface area contributed by atoms with Gasteiger partial charge >= 0.3 is 11.6 Å². The summed E-state index contributed by atoms with van der Waals surface area (Å²) in [7, 11) is 1.21. The van der Waals surface area contributed by atoms with Gasteiger partial charge < -0.3 is 19.2 Å². The fourth-order valence-electron chi connectivity index (χ4n) is 2.97. The number of esters is 1. The van der Waals surface area contributed by atoms with Gasteiger partial charge in [-0.2, -0.15) is 0 Å². The zero-order chi connectivity index (χ0) is 18.8. The summed E-state index contributed by atoms with van der Waals surface area (Å²) in [5.41, 5.74) is -0.624. The molecule has 3 rings (SSSR count). The number of methoxy groups -OCH3 is 1. The molecule has 0 aliphatic rings. The number of para-hydroxylation sites is 1. The zero-order valence-electron chi connectivity index (χ0n) is 14.2. The molecule has 0 bridgehead atoms. The average molecular weight is 355 g/mol. The number of benzene rings is 1. The Labute approximate surface area is 147 Å². The maximum absolute atomic E-state index is 12.6. The van der Waals surface area contributed by atoms with Crippen molar-refractivity contribution in [2.45, 2.75) is 19.3 Å². The lowest BCUT2D eigenvalue weighted by Crippen LogP contribution is -2.24. The van der Waals surface area contributed by atoms with E-state index >= 15 is 0 Å². The Hall–Kier alpha value is -3.35. The third-order valence-electron chi connectivity index (χ3n) is 4.19. The van der Waals surface area contributed by atoms with Crippen LogP contribution in [0.3, 0.4) is 0 Å². The maximum atomic E-state index is 12.6. The molecule has 26 heavy (non-hydrogen) atoms. The molecule has 0 saturated heterocycles. The summed E-state index contributed by atoms with van der Waals surface area (Å²) < 4.78 is 9.74. The van der Waals surface area contributed by atoms with E-state index < -0.39 is 23.1 Å². The molecule has 0 aliphatic heterocycles. The standard InChI is InChI=1S/C19H17NO6/c1-10-7-15(21)17(19(24)26-10)12(9-16(22)25-2)13-8-11-5-3-4-6-14(11)20-18(13)23/h3-8,12,21H,9H2,1-2H3,(H,20,23). The first kappa shape index (κ1) is 17.5. The molecule has 7 heteroatoms. The smallest absolute Gasteiger partial charge is 0.343 e. The van der Waals surface area contributed by atoms with Crippen molar-refractivity contribution >= 4 is 16.9 Å². The Kier molecular flexibility index (Phi) is 4.62.